The van der Waals surface area contributed by atoms with E-state index in [1.165, 1.54) is 0 Å². The van der Waals surface area contributed by atoms with E-state index in [2.05, 4.69) is 27.1 Å². The normalized spacial score (nSPS) is 16.1. The third-order valence-corrected chi connectivity index (χ3v) is 3.99. The summed E-state index contributed by atoms with van der Waals surface area (Å²) in [5.74, 6) is 2.08. The Morgan fingerprint density at radius 2 is 2.05 bits per heavy atom. The van der Waals surface area contributed by atoms with Gasteiger partial charge >= 0.3 is 0 Å². The van der Waals surface area contributed by atoms with Gasteiger partial charge in [-0.25, -0.2) is 9.97 Å². The first-order valence-electron chi connectivity index (χ1n) is 7.99. The van der Waals surface area contributed by atoms with Crippen LogP contribution in [0.2, 0.25) is 0 Å². The standard InChI is InChI=1S/C16H27N5O/c1-12-5-8-21(9-6-12)16(22)14-11-15(19-13(2)18-14)17-7-10-20(3)4/h11-12H,5-10H2,1-4H3,(H,17,18,19). The Hall–Kier alpha value is -1.69. The van der Waals surface area contributed by atoms with Crippen molar-refractivity contribution in [3.05, 3.63) is 17.6 Å². The molecule has 6 heteroatoms. The minimum absolute atomic E-state index is 0.0214. The van der Waals surface area contributed by atoms with E-state index in [0.29, 0.717) is 17.4 Å². The van der Waals surface area contributed by atoms with Crippen molar-refractivity contribution in [2.75, 3.05) is 45.6 Å². The van der Waals surface area contributed by atoms with Crippen LogP contribution >= 0.6 is 0 Å². The largest absolute Gasteiger partial charge is 0.369 e. The van der Waals surface area contributed by atoms with E-state index in [9.17, 15) is 4.79 Å². The van der Waals surface area contributed by atoms with Gasteiger partial charge in [0.05, 0.1) is 0 Å². The summed E-state index contributed by atoms with van der Waals surface area (Å²) >= 11 is 0. The molecule has 0 aromatic carbocycles. The van der Waals surface area contributed by atoms with Crippen LogP contribution in [-0.4, -0.2) is 65.9 Å². The van der Waals surface area contributed by atoms with Gasteiger partial charge in [0.2, 0.25) is 0 Å². The number of likely N-dealkylation sites (N-methyl/N-ethyl adjacent to an activating group) is 1. The number of aromatic nitrogens is 2. The molecule has 122 valence electrons. The second-order valence-corrected chi connectivity index (χ2v) is 6.39. The molecule has 22 heavy (non-hydrogen) atoms. The molecule has 1 amide bonds. The zero-order valence-electron chi connectivity index (χ0n) is 14.1. The molecule has 2 rings (SSSR count). The summed E-state index contributed by atoms with van der Waals surface area (Å²) < 4.78 is 0. The van der Waals surface area contributed by atoms with Crippen molar-refractivity contribution >= 4 is 11.7 Å². The van der Waals surface area contributed by atoms with E-state index in [-0.39, 0.29) is 5.91 Å². The molecule has 1 aromatic rings. The molecule has 0 unspecified atom stereocenters. The van der Waals surface area contributed by atoms with Gasteiger partial charge in [0.25, 0.3) is 5.91 Å². The van der Waals surface area contributed by atoms with E-state index in [1.54, 1.807) is 6.07 Å². The van der Waals surface area contributed by atoms with Gasteiger partial charge in [-0.05, 0) is 39.8 Å². The second kappa shape index (κ2) is 7.54. The highest BCUT2D eigenvalue weighted by Crippen LogP contribution is 2.18. The molecule has 0 aliphatic carbocycles. The summed E-state index contributed by atoms with van der Waals surface area (Å²) in [4.78, 5) is 25.3. The predicted octanol–water partition coefficient (Wildman–Crippen LogP) is 1.63. The topological polar surface area (TPSA) is 61.4 Å². The minimum atomic E-state index is 0.0214. The van der Waals surface area contributed by atoms with E-state index >= 15 is 0 Å². The number of rotatable bonds is 5. The van der Waals surface area contributed by atoms with Gasteiger partial charge in [0.1, 0.15) is 17.3 Å². The van der Waals surface area contributed by atoms with Crippen LogP contribution in [-0.2, 0) is 0 Å². The summed E-state index contributed by atoms with van der Waals surface area (Å²) in [5.41, 5.74) is 0.495. The average Bonchev–Trinajstić information content (AvgIpc) is 2.46. The number of piperidine rings is 1. The zero-order chi connectivity index (χ0) is 16.1. The molecule has 0 spiro atoms. The Kier molecular flexibility index (Phi) is 5.71. The van der Waals surface area contributed by atoms with E-state index < -0.39 is 0 Å². The van der Waals surface area contributed by atoms with Gasteiger partial charge in [-0.3, -0.25) is 4.79 Å². The quantitative estimate of drug-likeness (QED) is 0.896. The number of hydrogen-bond acceptors (Lipinski definition) is 5. The van der Waals surface area contributed by atoms with Crippen molar-refractivity contribution in [2.24, 2.45) is 5.92 Å². The van der Waals surface area contributed by atoms with Crippen molar-refractivity contribution in [2.45, 2.75) is 26.7 Å². The van der Waals surface area contributed by atoms with E-state index in [1.807, 2.05) is 25.9 Å². The third kappa shape index (κ3) is 4.66. The highest BCUT2D eigenvalue weighted by Gasteiger charge is 2.23. The highest BCUT2D eigenvalue weighted by atomic mass is 16.2. The number of carbonyl (C=O) groups excluding carboxylic acids is 1. The fraction of sp³-hybridized carbons (Fsp3) is 0.688. The van der Waals surface area contributed by atoms with Crippen LogP contribution < -0.4 is 5.32 Å². The van der Waals surface area contributed by atoms with Crippen LogP contribution in [0, 0.1) is 12.8 Å². The van der Waals surface area contributed by atoms with Crippen molar-refractivity contribution < 1.29 is 4.79 Å². The molecule has 1 aliphatic heterocycles. The Labute approximate surface area is 132 Å². The van der Waals surface area contributed by atoms with Gasteiger partial charge in [-0.2, -0.15) is 0 Å². The van der Waals surface area contributed by atoms with Crippen LogP contribution in [0.4, 0.5) is 5.82 Å². The lowest BCUT2D eigenvalue weighted by Gasteiger charge is -2.30. The zero-order valence-corrected chi connectivity index (χ0v) is 14.1. The van der Waals surface area contributed by atoms with Gasteiger partial charge < -0.3 is 15.1 Å². The predicted molar refractivity (Wildman–Crippen MR) is 88.1 cm³/mol. The maximum Gasteiger partial charge on any atom is 0.272 e. The second-order valence-electron chi connectivity index (χ2n) is 6.39. The molecule has 1 N–H and O–H groups in total. The Morgan fingerprint density at radius 1 is 1.36 bits per heavy atom. The molecule has 1 aromatic heterocycles. The number of nitrogens with one attached hydrogen (secondary N) is 1. The minimum Gasteiger partial charge on any atom is -0.369 e. The summed E-state index contributed by atoms with van der Waals surface area (Å²) in [6.07, 6.45) is 2.15. The Morgan fingerprint density at radius 3 is 2.68 bits per heavy atom. The maximum absolute atomic E-state index is 12.6. The molecule has 1 saturated heterocycles. The summed E-state index contributed by atoms with van der Waals surface area (Å²) in [6.45, 7) is 7.42. The molecule has 0 atom stereocenters. The first-order valence-corrected chi connectivity index (χ1v) is 7.99. The summed E-state index contributed by atoms with van der Waals surface area (Å²) in [5, 5.41) is 3.26. The molecule has 0 radical (unpaired) electrons. The van der Waals surface area contributed by atoms with Crippen LogP contribution in [0.1, 0.15) is 36.1 Å². The SMILES string of the molecule is Cc1nc(NCCN(C)C)cc(C(=O)N2CCC(C)CC2)n1. The van der Waals surface area contributed by atoms with Crippen LogP contribution in [0.25, 0.3) is 0 Å². The average molecular weight is 305 g/mol. The Bertz CT molecular complexity index is 509. The van der Waals surface area contributed by atoms with Crippen LogP contribution in [0.15, 0.2) is 6.07 Å². The molecular formula is C16H27N5O. The molecular weight excluding hydrogens is 278 g/mol. The lowest BCUT2D eigenvalue weighted by molar-refractivity contribution is 0.0691. The molecule has 2 heterocycles. The molecule has 0 saturated carbocycles. The van der Waals surface area contributed by atoms with Crippen molar-refractivity contribution in [1.29, 1.82) is 0 Å². The summed E-state index contributed by atoms with van der Waals surface area (Å²) in [7, 11) is 4.05. The lowest BCUT2D eigenvalue weighted by Crippen LogP contribution is -2.38. The van der Waals surface area contributed by atoms with Crippen LogP contribution in [0.5, 0.6) is 0 Å². The number of amides is 1. The first-order chi connectivity index (χ1) is 10.5. The number of nitrogens with zero attached hydrogens (tertiary/aromatic N) is 4. The van der Waals surface area contributed by atoms with Crippen LogP contribution in [0.3, 0.4) is 0 Å². The van der Waals surface area contributed by atoms with Crippen molar-refractivity contribution in [3.63, 3.8) is 0 Å². The number of carbonyl (C=O) groups is 1. The van der Waals surface area contributed by atoms with Crippen molar-refractivity contribution in [1.82, 2.24) is 19.8 Å². The first kappa shape index (κ1) is 16.7. The molecule has 1 fully saturated rings. The number of aryl methyl sites for hydroxylation is 1. The van der Waals surface area contributed by atoms with E-state index in [0.717, 1.165) is 44.8 Å². The van der Waals surface area contributed by atoms with E-state index in [4.69, 9.17) is 0 Å². The monoisotopic (exact) mass is 305 g/mol. The Balaban J connectivity index is 2.03. The third-order valence-electron chi connectivity index (χ3n) is 3.99. The summed E-state index contributed by atoms with van der Waals surface area (Å²) in [6, 6.07) is 1.77. The molecule has 0 bridgehead atoms. The molecule has 6 nitrogen and oxygen atoms in total. The fourth-order valence-corrected chi connectivity index (χ4v) is 2.55. The number of likely N-dealkylation sites (tertiary alicyclic amines) is 1. The lowest BCUT2D eigenvalue weighted by atomic mass is 9.99. The van der Waals surface area contributed by atoms with Gasteiger partial charge in [-0.15, -0.1) is 0 Å². The number of hydrogen-bond donors (Lipinski definition) is 1. The van der Waals surface area contributed by atoms with Gasteiger partial charge in [-0.1, -0.05) is 6.92 Å². The maximum atomic E-state index is 12.6. The smallest absolute Gasteiger partial charge is 0.272 e. The fourth-order valence-electron chi connectivity index (χ4n) is 2.55. The highest BCUT2D eigenvalue weighted by molar-refractivity contribution is 5.93. The molecule has 1 aliphatic rings. The van der Waals surface area contributed by atoms with Crippen molar-refractivity contribution in [3.8, 4) is 0 Å². The number of anilines is 1. The van der Waals surface area contributed by atoms with Gasteiger partial charge in [0, 0.05) is 32.2 Å². The van der Waals surface area contributed by atoms with Gasteiger partial charge in [0.15, 0.2) is 0 Å².